The van der Waals surface area contributed by atoms with Crippen molar-refractivity contribution in [1.29, 1.82) is 0 Å². The zero-order valence-electron chi connectivity index (χ0n) is 11.1. The molecule has 100 valence electrons. The fraction of sp³-hybridized carbons (Fsp3) is 0.923. The Morgan fingerprint density at radius 3 is 2.59 bits per heavy atom. The molecule has 17 heavy (non-hydrogen) atoms. The average molecular weight is 243 g/mol. The maximum atomic E-state index is 10.9. The molecule has 4 heteroatoms. The molecule has 1 fully saturated rings. The van der Waals surface area contributed by atoms with E-state index < -0.39 is 0 Å². The van der Waals surface area contributed by atoms with Gasteiger partial charge in [-0.1, -0.05) is 6.42 Å². The van der Waals surface area contributed by atoms with Crippen LogP contribution in [0, 0.1) is 5.41 Å². The van der Waals surface area contributed by atoms with Crippen LogP contribution in [0.25, 0.3) is 0 Å². The van der Waals surface area contributed by atoms with E-state index in [-0.39, 0.29) is 11.4 Å². The summed E-state index contributed by atoms with van der Waals surface area (Å²) < 4.78 is 4.59. The standard InChI is InChI=1S/C13H25NO3/c1-14(10-13(11-15)7-8-13)9-5-3-4-6-12(16)17-2/h15H,3-11H2,1-2H3. The fourth-order valence-electron chi connectivity index (χ4n) is 2.12. The lowest BCUT2D eigenvalue weighted by Gasteiger charge is -2.21. The van der Waals surface area contributed by atoms with Gasteiger partial charge < -0.3 is 14.7 Å². The molecule has 0 spiro atoms. The van der Waals surface area contributed by atoms with Gasteiger partial charge in [0.25, 0.3) is 0 Å². The predicted molar refractivity (Wildman–Crippen MR) is 66.7 cm³/mol. The van der Waals surface area contributed by atoms with E-state index in [1.54, 1.807) is 0 Å². The summed E-state index contributed by atoms with van der Waals surface area (Å²) in [5, 5.41) is 9.23. The predicted octanol–water partition coefficient (Wildman–Crippen LogP) is 1.42. The largest absolute Gasteiger partial charge is 0.469 e. The maximum Gasteiger partial charge on any atom is 0.305 e. The number of esters is 1. The summed E-state index contributed by atoms with van der Waals surface area (Å²) in [7, 11) is 3.54. The molecule has 0 radical (unpaired) electrons. The van der Waals surface area contributed by atoms with Crippen LogP contribution < -0.4 is 0 Å². The summed E-state index contributed by atoms with van der Waals surface area (Å²) in [6.07, 6.45) is 5.93. The van der Waals surface area contributed by atoms with Gasteiger partial charge >= 0.3 is 5.97 Å². The number of hydrogen-bond acceptors (Lipinski definition) is 4. The number of methoxy groups -OCH3 is 1. The Hall–Kier alpha value is -0.610. The van der Waals surface area contributed by atoms with E-state index >= 15 is 0 Å². The van der Waals surface area contributed by atoms with Gasteiger partial charge in [0.2, 0.25) is 0 Å². The number of hydrogen-bond donors (Lipinski definition) is 1. The van der Waals surface area contributed by atoms with Crippen LogP contribution in [0.3, 0.4) is 0 Å². The number of carbonyl (C=O) groups excluding carboxylic acids is 1. The zero-order chi connectivity index (χ0) is 12.7. The molecule has 0 aliphatic heterocycles. The van der Waals surface area contributed by atoms with Gasteiger partial charge in [0.1, 0.15) is 0 Å². The SMILES string of the molecule is COC(=O)CCCCCN(C)CC1(CO)CC1. The molecule has 0 bridgehead atoms. The monoisotopic (exact) mass is 243 g/mol. The first-order chi connectivity index (χ1) is 8.12. The minimum Gasteiger partial charge on any atom is -0.469 e. The highest BCUT2D eigenvalue weighted by Crippen LogP contribution is 2.45. The summed E-state index contributed by atoms with van der Waals surface area (Å²) in [4.78, 5) is 13.2. The van der Waals surface area contributed by atoms with Gasteiger partial charge in [-0.05, 0) is 39.3 Å². The molecule has 0 atom stereocenters. The molecule has 1 aliphatic carbocycles. The van der Waals surface area contributed by atoms with Gasteiger partial charge in [-0.3, -0.25) is 4.79 Å². The van der Waals surface area contributed by atoms with Crippen molar-refractivity contribution in [3.05, 3.63) is 0 Å². The van der Waals surface area contributed by atoms with E-state index in [4.69, 9.17) is 0 Å². The summed E-state index contributed by atoms with van der Waals surface area (Å²) in [6.45, 7) is 2.36. The van der Waals surface area contributed by atoms with E-state index in [0.717, 1.165) is 45.2 Å². The van der Waals surface area contributed by atoms with Gasteiger partial charge in [0, 0.05) is 25.0 Å². The van der Waals surface area contributed by atoms with Gasteiger partial charge in [0.05, 0.1) is 7.11 Å². The number of aliphatic hydroxyl groups excluding tert-OH is 1. The van der Waals surface area contributed by atoms with E-state index in [1.165, 1.54) is 7.11 Å². The Morgan fingerprint density at radius 2 is 2.06 bits per heavy atom. The number of rotatable bonds is 9. The van der Waals surface area contributed by atoms with Gasteiger partial charge in [-0.2, -0.15) is 0 Å². The normalized spacial score (nSPS) is 17.2. The van der Waals surface area contributed by atoms with Crippen LogP contribution in [0.15, 0.2) is 0 Å². The van der Waals surface area contributed by atoms with E-state index in [9.17, 15) is 9.90 Å². The lowest BCUT2D eigenvalue weighted by atomic mass is 10.1. The quantitative estimate of drug-likeness (QED) is 0.491. The van der Waals surface area contributed by atoms with E-state index in [1.807, 2.05) is 0 Å². The molecule has 4 nitrogen and oxygen atoms in total. The smallest absolute Gasteiger partial charge is 0.305 e. The maximum absolute atomic E-state index is 10.9. The molecule has 0 aromatic carbocycles. The number of unbranched alkanes of at least 4 members (excludes halogenated alkanes) is 2. The zero-order valence-corrected chi connectivity index (χ0v) is 11.1. The van der Waals surface area contributed by atoms with E-state index in [0.29, 0.717) is 13.0 Å². The minimum atomic E-state index is -0.115. The van der Waals surface area contributed by atoms with Crippen LogP contribution in [0.4, 0.5) is 0 Å². The van der Waals surface area contributed by atoms with Crippen LogP contribution in [-0.2, 0) is 9.53 Å². The van der Waals surface area contributed by atoms with Crippen LogP contribution in [-0.4, -0.2) is 49.8 Å². The molecule has 1 rings (SSSR count). The van der Waals surface area contributed by atoms with Crippen LogP contribution in [0.1, 0.15) is 38.5 Å². The minimum absolute atomic E-state index is 0.115. The van der Waals surface area contributed by atoms with Crippen LogP contribution in [0.2, 0.25) is 0 Å². The van der Waals surface area contributed by atoms with Crippen LogP contribution >= 0.6 is 0 Å². The molecule has 0 aromatic heterocycles. The lowest BCUT2D eigenvalue weighted by molar-refractivity contribution is -0.140. The Bertz CT molecular complexity index is 239. The summed E-state index contributed by atoms with van der Waals surface area (Å²) in [6, 6.07) is 0. The third-order valence-electron chi connectivity index (χ3n) is 3.55. The highest BCUT2D eigenvalue weighted by atomic mass is 16.5. The second kappa shape index (κ2) is 6.97. The third-order valence-corrected chi connectivity index (χ3v) is 3.55. The molecule has 0 heterocycles. The second-order valence-corrected chi connectivity index (χ2v) is 5.28. The molecule has 1 N–H and O–H groups in total. The first-order valence-electron chi connectivity index (χ1n) is 6.48. The van der Waals surface area contributed by atoms with Crippen molar-refractivity contribution >= 4 is 5.97 Å². The van der Waals surface area contributed by atoms with Crippen molar-refractivity contribution in [3.8, 4) is 0 Å². The number of aliphatic hydroxyl groups is 1. The average Bonchev–Trinajstić information content (AvgIpc) is 3.08. The highest BCUT2D eigenvalue weighted by molar-refractivity contribution is 5.68. The molecule has 0 saturated heterocycles. The molecule has 0 unspecified atom stereocenters. The molecule has 0 amide bonds. The van der Waals surface area contributed by atoms with Crippen molar-refractivity contribution in [1.82, 2.24) is 4.90 Å². The highest BCUT2D eigenvalue weighted by Gasteiger charge is 2.42. The Morgan fingerprint density at radius 1 is 1.35 bits per heavy atom. The second-order valence-electron chi connectivity index (χ2n) is 5.28. The Labute approximate surface area is 104 Å². The van der Waals surface area contributed by atoms with E-state index in [2.05, 4.69) is 16.7 Å². The summed E-state index contributed by atoms with van der Waals surface area (Å²) in [5.41, 5.74) is 0.209. The van der Waals surface area contributed by atoms with Crippen molar-refractivity contribution in [2.24, 2.45) is 5.41 Å². The fourth-order valence-corrected chi connectivity index (χ4v) is 2.12. The van der Waals surface area contributed by atoms with Crippen molar-refractivity contribution < 1.29 is 14.6 Å². The summed E-state index contributed by atoms with van der Waals surface area (Å²) >= 11 is 0. The first-order valence-corrected chi connectivity index (χ1v) is 6.48. The molecule has 1 aliphatic rings. The van der Waals surface area contributed by atoms with Gasteiger partial charge in [-0.15, -0.1) is 0 Å². The van der Waals surface area contributed by atoms with Crippen molar-refractivity contribution in [3.63, 3.8) is 0 Å². The molecular formula is C13H25NO3. The number of nitrogens with zero attached hydrogens (tertiary/aromatic N) is 1. The molecule has 0 aromatic rings. The van der Waals surface area contributed by atoms with Crippen molar-refractivity contribution in [2.75, 3.05) is 33.9 Å². The topological polar surface area (TPSA) is 49.8 Å². The van der Waals surface area contributed by atoms with Gasteiger partial charge in [-0.25, -0.2) is 0 Å². The van der Waals surface area contributed by atoms with Crippen LogP contribution in [0.5, 0.6) is 0 Å². The van der Waals surface area contributed by atoms with Crippen molar-refractivity contribution in [2.45, 2.75) is 38.5 Å². The lowest BCUT2D eigenvalue weighted by Crippen LogP contribution is -2.29. The Kier molecular flexibility index (Phi) is 5.92. The summed E-state index contributed by atoms with van der Waals surface area (Å²) in [5.74, 6) is -0.115. The number of carbonyl (C=O) groups is 1. The van der Waals surface area contributed by atoms with Gasteiger partial charge in [0.15, 0.2) is 0 Å². The molecular weight excluding hydrogens is 218 g/mol. The third kappa shape index (κ3) is 5.50. The number of ether oxygens (including phenoxy) is 1. The Balaban J connectivity index is 1.97. The first kappa shape index (κ1) is 14.5. The molecule has 1 saturated carbocycles.